The zero-order valence-corrected chi connectivity index (χ0v) is 25.8. The zero-order chi connectivity index (χ0) is 29.9. The van der Waals surface area contributed by atoms with Crippen LogP contribution in [0.25, 0.3) is 66.8 Å². The first kappa shape index (κ1) is 28.0. The standard InChI is InChI=1S/C42H30S2/c43-41-37(30-15-6-2-7-16-30)23-12-24-38(41)34-21-10-19-32(25-34)33-20-11-22-35(26-33)40-28-36(29-13-4-1-5-14-29)27-39(42(40)44)31-17-8-3-9-18-31/h1-28,43-44H. The Hall–Kier alpha value is -4.76. The molecule has 0 radical (unpaired) electrons. The van der Waals surface area contributed by atoms with Crippen molar-refractivity contribution in [2.45, 2.75) is 9.79 Å². The van der Waals surface area contributed by atoms with Crippen LogP contribution in [0.4, 0.5) is 0 Å². The molecular formula is C42H30S2. The van der Waals surface area contributed by atoms with E-state index in [0.29, 0.717) is 0 Å². The Morgan fingerprint density at radius 2 is 0.568 bits per heavy atom. The maximum Gasteiger partial charge on any atom is 0.0198 e. The molecule has 2 heteroatoms. The van der Waals surface area contributed by atoms with Crippen molar-refractivity contribution in [1.82, 2.24) is 0 Å². The molecule has 0 nitrogen and oxygen atoms in total. The van der Waals surface area contributed by atoms with Crippen LogP contribution in [-0.4, -0.2) is 0 Å². The van der Waals surface area contributed by atoms with Gasteiger partial charge in [-0.1, -0.05) is 146 Å². The van der Waals surface area contributed by atoms with Crippen LogP contribution in [0.15, 0.2) is 180 Å². The Kier molecular flexibility index (Phi) is 7.94. The third kappa shape index (κ3) is 5.63. The number of rotatable bonds is 6. The summed E-state index contributed by atoms with van der Waals surface area (Å²) in [4.78, 5) is 1.95. The van der Waals surface area contributed by atoms with E-state index in [-0.39, 0.29) is 0 Å². The van der Waals surface area contributed by atoms with Crippen LogP contribution in [-0.2, 0) is 0 Å². The van der Waals surface area contributed by atoms with Crippen molar-refractivity contribution in [1.29, 1.82) is 0 Å². The summed E-state index contributed by atoms with van der Waals surface area (Å²) in [6.45, 7) is 0. The van der Waals surface area contributed by atoms with E-state index >= 15 is 0 Å². The molecule has 0 N–H and O–H groups in total. The van der Waals surface area contributed by atoms with E-state index < -0.39 is 0 Å². The summed E-state index contributed by atoms with van der Waals surface area (Å²) >= 11 is 10.1. The average molecular weight is 599 g/mol. The van der Waals surface area contributed by atoms with Gasteiger partial charge in [0.1, 0.15) is 0 Å². The SMILES string of the molecule is Sc1c(-c2ccccc2)cccc1-c1cccc(-c2cccc(-c3cc(-c4ccccc4)cc(-c4ccccc4)c3S)c2)c1. The van der Waals surface area contributed by atoms with Gasteiger partial charge in [-0.25, -0.2) is 0 Å². The smallest absolute Gasteiger partial charge is 0.0198 e. The van der Waals surface area contributed by atoms with Crippen molar-refractivity contribution >= 4 is 25.3 Å². The van der Waals surface area contributed by atoms with Gasteiger partial charge in [-0.2, -0.15) is 0 Å². The average Bonchev–Trinajstić information content (AvgIpc) is 3.10. The van der Waals surface area contributed by atoms with Crippen LogP contribution in [0.2, 0.25) is 0 Å². The van der Waals surface area contributed by atoms with Gasteiger partial charge in [-0.3, -0.25) is 0 Å². The largest absolute Gasteiger partial charge is 0.142 e. The highest BCUT2D eigenvalue weighted by molar-refractivity contribution is 7.80. The molecule has 0 spiro atoms. The van der Waals surface area contributed by atoms with Crippen LogP contribution in [0.3, 0.4) is 0 Å². The van der Waals surface area contributed by atoms with Crippen molar-refractivity contribution < 1.29 is 0 Å². The fourth-order valence-electron chi connectivity index (χ4n) is 5.85. The highest BCUT2D eigenvalue weighted by atomic mass is 32.1. The fraction of sp³-hybridized carbons (Fsp3) is 0. The van der Waals surface area contributed by atoms with Gasteiger partial charge in [-0.05, 0) is 91.0 Å². The van der Waals surface area contributed by atoms with E-state index in [9.17, 15) is 0 Å². The lowest BCUT2D eigenvalue weighted by atomic mass is 9.91. The molecular weight excluding hydrogens is 569 g/mol. The van der Waals surface area contributed by atoms with Crippen LogP contribution in [0, 0.1) is 0 Å². The minimum Gasteiger partial charge on any atom is -0.142 e. The highest BCUT2D eigenvalue weighted by Gasteiger charge is 2.15. The molecule has 0 aliphatic heterocycles. The molecule has 7 aromatic carbocycles. The van der Waals surface area contributed by atoms with Gasteiger partial charge in [-0.15, -0.1) is 25.3 Å². The first-order chi connectivity index (χ1) is 21.7. The van der Waals surface area contributed by atoms with E-state index in [2.05, 4.69) is 164 Å². The molecule has 0 aliphatic carbocycles. The minimum absolute atomic E-state index is 0.972. The second kappa shape index (κ2) is 12.5. The lowest BCUT2D eigenvalue weighted by Crippen LogP contribution is -1.90. The van der Waals surface area contributed by atoms with Crippen molar-refractivity contribution in [2.24, 2.45) is 0 Å². The maximum atomic E-state index is 5.12. The van der Waals surface area contributed by atoms with Gasteiger partial charge in [0, 0.05) is 9.79 Å². The molecule has 0 atom stereocenters. The van der Waals surface area contributed by atoms with Gasteiger partial charge in [0.2, 0.25) is 0 Å². The minimum atomic E-state index is 0.972. The summed E-state index contributed by atoms with van der Waals surface area (Å²) in [6, 6.07) is 60.0. The van der Waals surface area contributed by atoms with Crippen LogP contribution >= 0.6 is 25.3 Å². The Bertz CT molecular complexity index is 2060. The number of hydrogen-bond acceptors (Lipinski definition) is 2. The van der Waals surface area contributed by atoms with E-state index in [0.717, 1.165) is 59.9 Å². The molecule has 0 aliphatic rings. The van der Waals surface area contributed by atoms with E-state index in [1.165, 1.54) is 16.7 Å². The molecule has 0 saturated carbocycles. The highest BCUT2D eigenvalue weighted by Crippen LogP contribution is 2.41. The van der Waals surface area contributed by atoms with Gasteiger partial charge in [0.05, 0.1) is 0 Å². The molecule has 0 saturated heterocycles. The molecule has 0 amide bonds. The summed E-state index contributed by atoms with van der Waals surface area (Å²) < 4.78 is 0. The lowest BCUT2D eigenvalue weighted by Gasteiger charge is -2.16. The van der Waals surface area contributed by atoms with Gasteiger partial charge < -0.3 is 0 Å². The summed E-state index contributed by atoms with van der Waals surface area (Å²) in [5, 5.41) is 0. The first-order valence-corrected chi connectivity index (χ1v) is 15.6. The maximum absolute atomic E-state index is 5.12. The summed E-state index contributed by atoms with van der Waals surface area (Å²) in [7, 11) is 0. The fourth-order valence-corrected chi connectivity index (χ4v) is 6.64. The van der Waals surface area contributed by atoms with Crippen molar-refractivity contribution in [3.05, 3.63) is 170 Å². The molecule has 7 aromatic rings. The molecule has 7 rings (SSSR count). The molecule has 0 unspecified atom stereocenters. The topological polar surface area (TPSA) is 0 Å². The Labute approximate surface area is 270 Å². The Morgan fingerprint density at radius 3 is 1.11 bits per heavy atom. The lowest BCUT2D eigenvalue weighted by molar-refractivity contribution is 1.43. The van der Waals surface area contributed by atoms with Crippen molar-refractivity contribution in [3.63, 3.8) is 0 Å². The molecule has 0 bridgehead atoms. The van der Waals surface area contributed by atoms with Gasteiger partial charge in [0.25, 0.3) is 0 Å². The summed E-state index contributed by atoms with van der Waals surface area (Å²) in [5.74, 6) is 0. The normalized spacial score (nSPS) is 11.0. The Morgan fingerprint density at radius 1 is 0.227 bits per heavy atom. The van der Waals surface area contributed by atoms with Gasteiger partial charge in [0.15, 0.2) is 0 Å². The van der Waals surface area contributed by atoms with Crippen molar-refractivity contribution in [2.75, 3.05) is 0 Å². The molecule has 0 aromatic heterocycles. The summed E-state index contributed by atoms with van der Waals surface area (Å²) in [6.07, 6.45) is 0. The third-order valence-electron chi connectivity index (χ3n) is 8.10. The number of benzene rings is 7. The van der Waals surface area contributed by atoms with E-state index in [1.54, 1.807) is 0 Å². The zero-order valence-electron chi connectivity index (χ0n) is 24.1. The predicted octanol–water partition coefficient (Wildman–Crippen LogP) is 12.3. The molecule has 0 fully saturated rings. The van der Waals surface area contributed by atoms with Crippen molar-refractivity contribution in [3.8, 4) is 66.8 Å². The van der Waals surface area contributed by atoms with E-state index in [4.69, 9.17) is 25.3 Å². The van der Waals surface area contributed by atoms with Crippen LogP contribution in [0.5, 0.6) is 0 Å². The molecule has 44 heavy (non-hydrogen) atoms. The number of hydrogen-bond donors (Lipinski definition) is 2. The monoisotopic (exact) mass is 598 g/mol. The Balaban J connectivity index is 1.32. The molecule has 0 heterocycles. The van der Waals surface area contributed by atoms with Crippen LogP contribution < -0.4 is 0 Å². The summed E-state index contributed by atoms with van der Waals surface area (Å²) in [5.41, 5.74) is 13.7. The first-order valence-electron chi connectivity index (χ1n) is 14.7. The molecule has 210 valence electrons. The third-order valence-corrected chi connectivity index (χ3v) is 9.07. The number of thiol groups is 2. The quantitative estimate of drug-likeness (QED) is 0.175. The van der Waals surface area contributed by atoms with Crippen LogP contribution in [0.1, 0.15) is 0 Å². The van der Waals surface area contributed by atoms with Gasteiger partial charge >= 0.3 is 0 Å². The predicted molar refractivity (Wildman–Crippen MR) is 194 cm³/mol. The van der Waals surface area contributed by atoms with E-state index in [1.807, 2.05) is 6.07 Å². The second-order valence-corrected chi connectivity index (χ2v) is 11.8. The second-order valence-electron chi connectivity index (χ2n) is 10.9.